The Bertz CT molecular complexity index is 561. The highest BCUT2D eigenvalue weighted by atomic mass is 35.5. The minimum atomic E-state index is 0.418. The van der Waals surface area contributed by atoms with Crippen LogP contribution in [-0.2, 0) is 7.05 Å². The number of hydrogen-bond donors (Lipinski definition) is 1. The first-order valence-electron chi connectivity index (χ1n) is 5.28. The molecule has 0 bridgehead atoms. The van der Waals surface area contributed by atoms with Crippen molar-refractivity contribution in [3.63, 3.8) is 0 Å². The Hall–Kier alpha value is -1.88. The summed E-state index contributed by atoms with van der Waals surface area (Å²) in [6.45, 7) is 0. The molecule has 0 unspecified atom stereocenters. The van der Waals surface area contributed by atoms with Crippen LogP contribution >= 0.6 is 11.6 Å². The van der Waals surface area contributed by atoms with Gasteiger partial charge in [0.05, 0.1) is 19.9 Å². The van der Waals surface area contributed by atoms with E-state index in [1.165, 1.54) is 0 Å². The average molecular weight is 268 g/mol. The maximum atomic E-state index is 6.19. The van der Waals surface area contributed by atoms with Gasteiger partial charge in [-0.15, -0.1) is 0 Å². The van der Waals surface area contributed by atoms with Crippen molar-refractivity contribution < 1.29 is 9.47 Å². The van der Waals surface area contributed by atoms with Gasteiger partial charge in [0.1, 0.15) is 16.6 Å². The Balaban J connectivity index is 2.61. The zero-order valence-corrected chi connectivity index (χ0v) is 11.2. The number of hydrogen-bond acceptors (Lipinski definition) is 4. The minimum Gasteiger partial charge on any atom is -0.495 e. The fourth-order valence-electron chi connectivity index (χ4n) is 1.71. The molecule has 0 aliphatic heterocycles. The maximum absolute atomic E-state index is 6.19. The van der Waals surface area contributed by atoms with E-state index in [1.54, 1.807) is 38.1 Å². The molecule has 96 valence electrons. The third kappa shape index (κ3) is 1.97. The number of anilines is 1. The van der Waals surface area contributed by atoms with Crippen molar-refractivity contribution in [2.45, 2.75) is 0 Å². The lowest BCUT2D eigenvalue weighted by molar-refractivity contribution is 0.395. The van der Waals surface area contributed by atoms with Gasteiger partial charge < -0.3 is 15.2 Å². The summed E-state index contributed by atoms with van der Waals surface area (Å²) in [6.07, 6.45) is 0. The van der Waals surface area contributed by atoms with Crippen LogP contribution in [0.1, 0.15) is 0 Å². The predicted octanol–water partition coefficient (Wildman–Crippen LogP) is 2.34. The molecule has 18 heavy (non-hydrogen) atoms. The van der Waals surface area contributed by atoms with Crippen LogP contribution in [0.25, 0.3) is 11.3 Å². The van der Waals surface area contributed by atoms with Gasteiger partial charge in [-0.2, -0.15) is 5.10 Å². The van der Waals surface area contributed by atoms with Crippen molar-refractivity contribution in [3.05, 3.63) is 23.2 Å². The maximum Gasteiger partial charge on any atom is 0.150 e. The van der Waals surface area contributed by atoms with E-state index < -0.39 is 0 Å². The quantitative estimate of drug-likeness (QED) is 0.927. The molecule has 0 radical (unpaired) electrons. The van der Waals surface area contributed by atoms with Crippen LogP contribution in [0.2, 0.25) is 5.02 Å². The van der Waals surface area contributed by atoms with E-state index in [9.17, 15) is 0 Å². The molecule has 0 atom stereocenters. The smallest absolute Gasteiger partial charge is 0.150 e. The molecule has 1 heterocycles. The Morgan fingerprint density at radius 1 is 1.28 bits per heavy atom. The first-order chi connectivity index (χ1) is 8.58. The molecule has 5 nitrogen and oxygen atoms in total. The Morgan fingerprint density at radius 2 is 2.00 bits per heavy atom. The van der Waals surface area contributed by atoms with Crippen molar-refractivity contribution in [2.75, 3.05) is 20.0 Å². The zero-order chi connectivity index (χ0) is 13.3. The van der Waals surface area contributed by atoms with Gasteiger partial charge in [0, 0.05) is 18.7 Å². The van der Waals surface area contributed by atoms with Crippen molar-refractivity contribution in [2.24, 2.45) is 7.05 Å². The van der Waals surface area contributed by atoms with Gasteiger partial charge in [-0.3, -0.25) is 4.68 Å². The predicted molar refractivity (Wildman–Crippen MR) is 71.2 cm³/mol. The molecule has 0 fully saturated rings. The van der Waals surface area contributed by atoms with Gasteiger partial charge in [-0.05, 0) is 12.1 Å². The Morgan fingerprint density at radius 3 is 2.50 bits per heavy atom. The second kappa shape index (κ2) is 4.78. The molecule has 2 aromatic rings. The summed E-state index contributed by atoms with van der Waals surface area (Å²) in [5.41, 5.74) is 7.24. The number of nitrogens with zero attached hydrogens (tertiary/aromatic N) is 2. The Kier molecular flexibility index (Phi) is 3.34. The molecule has 1 aromatic carbocycles. The number of ether oxygens (including phenoxy) is 2. The average Bonchev–Trinajstić information content (AvgIpc) is 2.69. The lowest BCUT2D eigenvalue weighted by Gasteiger charge is -2.11. The minimum absolute atomic E-state index is 0.418. The van der Waals surface area contributed by atoms with Crippen LogP contribution < -0.4 is 15.2 Å². The van der Waals surface area contributed by atoms with Gasteiger partial charge in [0.25, 0.3) is 0 Å². The van der Waals surface area contributed by atoms with Crippen LogP contribution in [0.15, 0.2) is 18.2 Å². The molecule has 1 aromatic heterocycles. The van der Waals surface area contributed by atoms with Crippen LogP contribution in [-0.4, -0.2) is 24.0 Å². The highest BCUT2D eigenvalue weighted by Crippen LogP contribution is 2.41. The first-order valence-corrected chi connectivity index (χ1v) is 5.66. The van der Waals surface area contributed by atoms with Crippen molar-refractivity contribution in [1.82, 2.24) is 9.78 Å². The lowest BCUT2D eigenvalue weighted by atomic mass is 10.1. The van der Waals surface area contributed by atoms with Crippen LogP contribution in [0, 0.1) is 0 Å². The number of rotatable bonds is 3. The van der Waals surface area contributed by atoms with Gasteiger partial charge >= 0.3 is 0 Å². The number of nitrogen functional groups attached to an aromatic ring is 1. The van der Waals surface area contributed by atoms with Crippen LogP contribution in [0.3, 0.4) is 0 Å². The number of nitrogens with two attached hydrogens (primary N) is 1. The highest BCUT2D eigenvalue weighted by molar-refractivity contribution is 6.34. The molecule has 2 rings (SSSR count). The summed E-state index contributed by atoms with van der Waals surface area (Å²) >= 11 is 6.19. The van der Waals surface area contributed by atoms with Crippen LogP contribution in [0.4, 0.5) is 5.82 Å². The number of benzene rings is 1. The molecule has 2 N–H and O–H groups in total. The third-order valence-electron chi connectivity index (χ3n) is 2.68. The number of methoxy groups -OCH3 is 2. The van der Waals surface area contributed by atoms with E-state index in [-0.39, 0.29) is 0 Å². The molecule has 0 saturated heterocycles. The van der Waals surface area contributed by atoms with Crippen molar-refractivity contribution in [3.8, 4) is 22.8 Å². The summed E-state index contributed by atoms with van der Waals surface area (Å²) in [7, 11) is 4.88. The molecular formula is C12H14ClN3O2. The van der Waals surface area contributed by atoms with E-state index in [0.29, 0.717) is 28.0 Å². The summed E-state index contributed by atoms with van der Waals surface area (Å²) in [5.74, 6) is 1.65. The third-order valence-corrected chi connectivity index (χ3v) is 3.04. The Labute approximate surface area is 110 Å². The second-order valence-electron chi connectivity index (χ2n) is 3.74. The monoisotopic (exact) mass is 267 g/mol. The number of aromatic nitrogens is 2. The number of aryl methyl sites for hydroxylation is 1. The normalized spacial score (nSPS) is 10.4. The lowest BCUT2D eigenvalue weighted by Crippen LogP contribution is -1.97. The highest BCUT2D eigenvalue weighted by Gasteiger charge is 2.16. The van der Waals surface area contributed by atoms with Gasteiger partial charge in [-0.1, -0.05) is 11.6 Å². The van der Waals surface area contributed by atoms with Gasteiger partial charge in [0.15, 0.2) is 5.75 Å². The largest absolute Gasteiger partial charge is 0.495 e. The fraction of sp³-hybridized carbons (Fsp3) is 0.250. The van der Waals surface area contributed by atoms with E-state index >= 15 is 0 Å². The standard InChI is InChI=1S/C12H14ClN3O2/c1-16-10(14)6-8(15-16)7-4-5-9(17-2)11(13)12(7)18-3/h4-6H,14H2,1-3H3. The summed E-state index contributed by atoms with van der Waals surface area (Å²) in [4.78, 5) is 0. The topological polar surface area (TPSA) is 62.3 Å². The molecule has 0 amide bonds. The second-order valence-corrected chi connectivity index (χ2v) is 4.12. The fourth-order valence-corrected chi connectivity index (χ4v) is 2.03. The summed E-state index contributed by atoms with van der Waals surface area (Å²) in [6, 6.07) is 5.37. The molecule has 0 aliphatic carbocycles. The summed E-state index contributed by atoms with van der Waals surface area (Å²) in [5, 5.41) is 4.72. The van der Waals surface area contributed by atoms with Gasteiger partial charge in [-0.25, -0.2) is 0 Å². The molecule has 6 heteroatoms. The van der Waals surface area contributed by atoms with E-state index in [0.717, 1.165) is 5.56 Å². The molecule has 0 aliphatic rings. The SMILES string of the molecule is COc1ccc(-c2cc(N)n(C)n2)c(OC)c1Cl. The summed E-state index contributed by atoms with van der Waals surface area (Å²) < 4.78 is 12.1. The van der Waals surface area contributed by atoms with Crippen molar-refractivity contribution in [1.29, 1.82) is 0 Å². The number of halogens is 1. The van der Waals surface area contributed by atoms with Gasteiger partial charge in [0.2, 0.25) is 0 Å². The van der Waals surface area contributed by atoms with E-state index in [4.69, 9.17) is 26.8 Å². The first kappa shape index (κ1) is 12.6. The molecule has 0 saturated carbocycles. The van der Waals surface area contributed by atoms with Crippen molar-refractivity contribution >= 4 is 17.4 Å². The molecule has 0 spiro atoms. The van der Waals surface area contributed by atoms with E-state index in [1.807, 2.05) is 6.07 Å². The van der Waals surface area contributed by atoms with Crippen LogP contribution in [0.5, 0.6) is 11.5 Å². The zero-order valence-electron chi connectivity index (χ0n) is 10.4. The van der Waals surface area contributed by atoms with E-state index in [2.05, 4.69) is 5.10 Å². The molecular weight excluding hydrogens is 254 g/mol.